The number of benzene rings is 4. The predicted molar refractivity (Wildman–Crippen MR) is 179 cm³/mol. The van der Waals surface area contributed by atoms with Crippen LogP contribution in [0.5, 0.6) is 11.5 Å². The second kappa shape index (κ2) is 13.7. The molecule has 2 fully saturated rings. The van der Waals surface area contributed by atoms with Crippen molar-refractivity contribution in [2.45, 2.75) is 24.8 Å². The fraction of sp³-hybridized carbons (Fsp3) is 0.316. The standard InChI is InChI=1S/C38H41N3O5/c1-45-34-16-10-31(11-17-34)38(32-12-18-35(46-2)19-13-32)20-3-21-39(27-38)26-28-4-6-29(7-5-28)36(42)41-24-22-40(23-25-41)33-14-8-30(9-15-33)37(43)44/h4-19H,3,20-27H2,1-2H3,(H,43,44). The first kappa shape index (κ1) is 31.2. The molecule has 8 nitrogen and oxygen atoms in total. The van der Waals surface area contributed by atoms with Crippen LogP contribution in [0, 0.1) is 0 Å². The number of rotatable bonds is 9. The van der Waals surface area contributed by atoms with Crippen LogP contribution in [0.4, 0.5) is 5.69 Å². The average Bonchev–Trinajstić information content (AvgIpc) is 3.12. The highest BCUT2D eigenvalue weighted by Gasteiger charge is 2.39. The number of carboxylic acids is 1. The normalized spacial score (nSPS) is 16.6. The van der Waals surface area contributed by atoms with Gasteiger partial charge in [-0.1, -0.05) is 36.4 Å². The second-order valence-corrected chi connectivity index (χ2v) is 12.2. The number of carbonyl (C=O) groups is 2. The van der Waals surface area contributed by atoms with E-state index in [0.29, 0.717) is 31.7 Å². The Kier molecular flexibility index (Phi) is 9.26. The molecule has 0 saturated carbocycles. The number of carboxylic acid groups (broad SMARTS) is 1. The Bertz CT molecular complexity index is 1580. The number of anilines is 1. The van der Waals surface area contributed by atoms with Crippen LogP contribution in [0.3, 0.4) is 0 Å². The molecule has 2 saturated heterocycles. The van der Waals surface area contributed by atoms with E-state index in [1.807, 2.05) is 53.4 Å². The van der Waals surface area contributed by atoms with E-state index >= 15 is 0 Å². The van der Waals surface area contributed by atoms with Crippen molar-refractivity contribution < 1.29 is 24.2 Å². The van der Waals surface area contributed by atoms with Crippen molar-refractivity contribution in [1.82, 2.24) is 9.80 Å². The summed E-state index contributed by atoms with van der Waals surface area (Å²) in [4.78, 5) is 31.1. The first-order valence-electron chi connectivity index (χ1n) is 15.9. The van der Waals surface area contributed by atoms with Gasteiger partial charge in [-0.05, 0) is 96.7 Å². The Labute approximate surface area is 270 Å². The number of ether oxygens (including phenoxy) is 2. The predicted octanol–water partition coefficient (Wildman–Crippen LogP) is 5.95. The molecule has 6 rings (SSSR count). The Morgan fingerprint density at radius 1 is 0.696 bits per heavy atom. The maximum absolute atomic E-state index is 13.4. The zero-order valence-corrected chi connectivity index (χ0v) is 26.5. The van der Waals surface area contributed by atoms with E-state index in [2.05, 4.69) is 46.2 Å². The lowest BCUT2D eigenvalue weighted by molar-refractivity contribution is 0.0695. The van der Waals surface area contributed by atoms with Gasteiger partial charge in [0.05, 0.1) is 19.8 Å². The van der Waals surface area contributed by atoms with Crippen LogP contribution in [0.25, 0.3) is 0 Å². The molecule has 2 aliphatic rings. The number of carbonyl (C=O) groups excluding carboxylic acids is 1. The number of hydrogen-bond donors (Lipinski definition) is 1. The summed E-state index contributed by atoms with van der Waals surface area (Å²) in [6.07, 6.45) is 2.13. The molecule has 0 radical (unpaired) electrons. The van der Waals surface area contributed by atoms with Crippen LogP contribution >= 0.6 is 0 Å². The third-order valence-corrected chi connectivity index (χ3v) is 9.51. The molecule has 8 heteroatoms. The molecule has 0 atom stereocenters. The Balaban J connectivity index is 1.11. The molecule has 238 valence electrons. The number of nitrogens with zero attached hydrogens (tertiary/aromatic N) is 3. The maximum Gasteiger partial charge on any atom is 0.335 e. The summed E-state index contributed by atoms with van der Waals surface area (Å²) in [7, 11) is 3.39. The minimum atomic E-state index is -0.931. The quantitative estimate of drug-likeness (QED) is 0.248. The van der Waals surface area contributed by atoms with Crippen LogP contribution in [0.1, 0.15) is 50.2 Å². The third kappa shape index (κ3) is 6.58. The van der Waals surface area contributed by atoms with Gasteiger partial charge in [-0.15, -0.1) is 0 Å². The molecule has 2 aliphatic heterocycles. The lowest BCUT2D eigenvalue weighted by Crippen LogP contribution is -2.48. The Morgan fingerprint density at radius 2 is 1.24 bits per heavy atom. The van der Waals surface area contributed by atoms with Crippen LogP contribution < -0.4 is 14.4 Å². The monoisotopic (exact) mass is 619 g/mol. The summed E-state index contributed by atoms with van der Waals surface area (Å²) >= 11 is 0. The average molecular weight is 620 g/mol. The largest absolute Gasteiger partial charge is 0.497 e. The van der Waals surface area contributed by atoms with Crippen molar-refractivity contribution in [3.63, 3.8) is 0 Å². The molecule has 4 aromatic rings. The number of aromatic carboxylic acids is 1. The zero-order valence-electron chi connectivity index (χ0n) is 26.5. The number of piperazine rings is 1. The summed E-state index contributed by atoms with van der Waals surface area (Å²) in [6, 6.07) is 32.0. The van der Waals surface area contributed by atoms with Gasteiger partial charge in [-0.3, -0.25) is 9.69 Å². The minimum absolute atomic E-state index is 0.0448. The van der Waals surface area contributed by atoms with Crippen LogP contribution in [0.2, 0.25) is 0 Å². The van der Waals surface area contributed by atoms with Crippen molar-refractivity contribution in [3.05, 3.63) is 125 Å². The van der Waals surface area contributed by atoms with Gasteiger partial charge in [0.15, 0.2) is 0 Å². The molecule has 0 unspecified atom stereocenters. The van der Waals surface area contributed by atoms with Crippen molar-refractivity contribution in [3.8, 4) is 11.5 Å². The summed E-state index contributed by atoms with van der Waals surface area (Å²) < 4.78 is 10.9. The smallest absolute Gasteiger partial charge is 0.335 e. The van der Waals surface area contributed by atoms with Crippen molar-refractivity contribution in [2.24, 2.45) is 0 Å². The molecule has 0 aliphatic carbocycles. The fourth-order valence-electron chi connectivity index (χ4n) is 6.91. The van der Waals surface area contributed by atoms with E-state index in [-0.39, 0.29) is 16.9 Å². The molecule has 46 heavy (non-hydrogen) atoms. The Hall–Kier alpha value is -4.82. The van der Waals surface area contributed by atoms with Gasteiger partial charge in [-0.25, -0.2) is 4.79 Å². The van der Waals surface area contributed by atoms with Gasteiger partial charge in [0.2, 0.25) is 0 Å². The first-order chi connectivity index (χ1) is 22.4. The highest BCUT2D eigenvalue weighted by Crippen LogP contribution is 2.42. The van der Waals surface area contributed by atoms with Gasteiger partial charge < -0.3 is 24.4 Å². The third-order valence-electron chi connectivity index (χ3n) is 9.51. The van der Waals surface area contributed by atoms with E-state index in [1.54, 1.807) is 26.4 Å². The maximum atomic E-state index is 13.4. The zero-order chi connectivity index (χ0) is 32.1. The van der Waals surface area contributed by atoms with Gasteiger partial charge in [0.25, 0.3) is 5.91 Å². The van der Waals surface area contributed by atoms with Gasteiger partial charge in [-0.2, -0.15) is 0 Å². The van der Waals surface area contributed by atoms with Gasteiger partial charge in [0, 0.05) is 55.9 Å². The van der Waals surface area contributed by atoms with Crippen molar-refractivity contribution >= 4 is 17.6 Å². The molecular weight excluding hydrogens is 578 g/mol. The summed E-state index contributed by atoms with van der Waals surface area (Å²) in [5.41, 5.74) is 5.53. The number of hydrogen-bond acceptors (Lipinski definition) is 6. The van der Waals surface area contributed by atoms with Crippen LogP contribution in [-0.2, 0) is 12.0 Å². The lowest BCUT2D eigenvalue weighted by atomic mass is 9.69. The van der Waals surface area contributed by atoms with Gasteiger partial charge in [0.1, 0.15) is 11.5 Å². The van der Waals surface area contributed by atoms with Crippen molar-refractivity contribution in [1.29, 1.82) is 0 Å². The molecule has 0 bridgehead atoms. The van der Waals surface area contributed by atoms with Crippen molar-refractivity contribution in [2.75, 3.05) is 58.4 Å². The lowest BCUT2D eigenvalue weighted by Gasteiger charge is -2.44. The van der Waals surface area contributed by atoms with E-state index in [1.165, 1.54) is 16.7 Å². The molecule has 4 aromatic carbocycles. The molecule has 1 N–H and O–H groups in total. The molecule has 2 heterocycles. The topological polar surface area (TPSA) is 82.6 Å². The highest BCUT2D eigenvalue weighted by molar-refractivity contribution is 5.94. The van der Waals surface area contributed by atoms with E-state index < -0.39 is 5.97 Å². The van der Waals surface area contributed by atoms with E-state index in [0.717, 1.165) is 49.7 Å². The number of amides is 1. The van der Waals surface area contributed by atoms with E-state index in [9.17, 15) is 9.59 Å². The SMILES string of the molecule is COc1ccc(C2(c3ccc(OC)cc3)CCCN(Cc3ccc(C(=O)N4CCN(c5ccc(C(=O)O)cc5)CC4)cc3)C2)cc1. The number of methoxy groups -OCH3 is 2. The summed E-state index contributed by atoms with van der Waals surface area (Å²) in [5, 5.41) is 9.16. The Morgan fingerprint density at radius 3 is 1.76 bits per heavy atom. The van der Waals surface area contributed by atoms with Crippen LogP contribution in [0.15, 0.2) is 97.1 Å². The minimum Gasteiger partial charge on any atom is -0.497 e. The number of piperidine rings is 1. The van der Waals surface area contributed by atoms with Crippen LogP contribution in [-0.4, -0.2) is 80.3 Å². The molecule has 0 spiro atoms. The second-order valence-electron chi connectivity index (χ2n) is 12.2. The van der Waals surface area contributed by atoms with E-state index in [4.69, 9.17) is 14.6 Å². The molecule has 0 aromatic heterocycles. The first-order valence-corrected chi connectivity index (χ1v) is 15.9. The molecule has 1 amide bonds. The fourth-order valence-corrected chi connectivity index (χ4v) is 6.91. The number of likely N-dealkylation sites (tertiary alicyclic amines) is 1. The molecular formula is C38H41N3O5. The summed E-state index contributed by atoms with van der Waals surface area (Å²) in [5.74, 6) is 0.817. The summed E-state index contributed by atoms with van der Waals surface area (Å²) in [6.45, 7) is 5.35. The van der Waals surface area contributed by atoms with Gasteiger partial charge >= 0.3 is 5.97 Å². The highest BCUT2D eigenvalue weighted by atomic mass is 16.5.